The Bertz CT molecular complexity index is 1750. The molecule has 53 heavy (non-hydrogen) atoms. The second kappa shape index (κ2) is 18.8. The van der Waals surface area contributed by atoms with Crippen molar-refractivity contribution in [2.24, 2.45) is 5.41 Å². The summed E-state index contributed by atoms with van der Waals surface area (Å²) in [5.41, 5.74) is 4.26. The third-order valence-corrected chi connectivity index (χ3v) is 11.0. The molecule has 3 heterocycles. The average molecular weight is 839 g/mol. The summed E-state index contributed by atoms with van der Waals surface area (Å²) in [4.78, 5) is 86.7. The minimum Gasteiger partial charge on any atom is -0.386 e. The SMILES string of the molecule is CCNC(=O)SCCNC(=O)CCNC(=O)[C@H](O)C(C)(C)COP(=O)(O)OP(=O)(O)OC[C@H]1O[C@@H](n2cnc3c(N)ncnc32)[C@H](O)[C@@H]1OP(=O)(O)O. The number of carbonyl (C=O) groups excluding carboxylic acids is 3. The minimum absolute atomic E-state index is 0.0300. The number of anilines is 1. The van der Waals surface area contributed by atoms with E-state index in [9.17, 15) is 57.9 Å². The van der Waals surface area contributed by atoms with Crippen molar-refractivity contribution in [3.63, 3.8) is 0 Å². The first kappa shape index (κ1) is 44.8. The Balaban J connectivity index is 1.52. The molecular formula is C24H41N8O17P3S. The fourth-order valence-corrected chi connectivity index (χ4v) is 7.93. The van der Waals surface area contributed by atoms with E-state index in [1.54, 1.807) is 6.92 Å². The van der Waals surface area contributed by atoms with Gasteiger partial charge >= 0.3 is 23.5 Å². The summed E-state index contributed by atoms with van der Waals surface area (Å²) in [6.07, 6.45) is -6.91. The lowest BCUT2D eigenvalue weighted by molar-refractivity contribution is -0.137. The molecule has 0 spiro atoms. The van der Waals surface area contributed by atoms with Crippen LogP contribution in [0.1, 0.15) is 33.4 Å². The maximum Gasteiger partial charge on any atom is 0.481 e. The van der Waals surface area contributed by atoms with E-state index in [2.05, 4.69) is 39.7 Å². The average Bonchev–Trinajstić information content (AvgIpc) is 3.61. The van der Waals surface area contributed by atoms with Crippen LogP contribution in [-0.4, -0.2) is 129 Å². The highest BCUT2D eigenvalue weighted by Gasteiger charge is 2.50. The molecule has 1 fully saturated rings. The van der Waals surface area contributed by atoms with Gasteiger partial charge in [-0.05, 0) is 6.92 Å². The number of carbonyl (C=O) groups is 3. The molecular weight excluding hydrogens is 797 g/mol. The fraction of sp³-hybridized carbons (Fsp3) is 0.667. The van der Waals surface area contributed by atoms with Gasteiger partial charge in [-0.2, -0.15) is 4.31 Å². The van der Waals surface area contributed by atoms with Crippen LogP contribution in [-0.2, 0) is 45.9 Å². The molecule has 0 aliphatic carbocycles. The van der Waals surface area contributed by atoms with Crippen molar-refractivity contribution in [2.75, 3.05) is 44.3 Å². The van der Waals surface area contributed by atoms with Crippen LogP contribution in [0, 0.1) is 5.41 Å². The summed E-state index contributed by atoms with van der Waals surface area (Å²) in [6, 6.07) is 0. The van der Waals surface area contributed by atoms with Gasteiger partial charge in [0.1, 0.15) is 36.3 Å². The highest BCUT2D eigenvalue weighted by molar-refractivity contribution is 8.13. The smallest absolute Gasteiger partial charge is 0.386 e. The number of aliphatic hydroxyl groups excluding tert-OH is 2. The quantitative estimate of drug-likeness (QED) is 0.0557. The third kappa shape index (κ3) is 13.6. The molecule has 0 saturated carbocycles. The number of rotatable bonds is 20. The molecule has 3 amide bonds. The zero-order valence-corrected chi connectivity index (χ0v) is 31.8. The van der Waals surface area contributed by atoms with Crippen molar-refractivity contribution < 1.29 is 80.5 Å². The van der Waals surface area contributed by atoms with Crippen molar-refractivity contribution in [1.82, 2.24) is 35.5 Å². The molecule has 300 valence electrons. The third-order valence-electron chi connectivity index (χ3n) is 7.06. The summed E-state index contributed by atoms with van der Waals surface area (Å²) in [5, 5.41) is 28.6. The standard InChI is InChI=1S/C24H41N8O17P3S/c1-4-26-23(37)53-8-7-27-14(33)5-6-28-21(36)18(35)24(2,3)10-46-52(43,44)49-51(41,42)45-9-13-17(48-50(38,39)40)16(34)22(47-13)32-12-31-15-19(25)29-11-30-20(15)32/h11-13,16-18,22,34-35H,4-10H2,1-3H3,(H,26,37)(H,27,33)(H,28,36)(H,41,42)(H,43,44)(H2,25,29,30)(H2,38,39,40)/t13-,16-,17-,18+,22-/m1/s1. The number of nitrogen functional groups attached to an aromatic ring is 1. The number of nitrogens with one attached hydrogen (secondary N) is 3. The first-order valence-electron chi connectivity index (χ1n) is 15.4. The molecule has 7 atom stereocenters. The number of thioether (sulfide) groups is 1. The van der Waals surface area contributed by atoms with Gasteiger partial charge in [0.05, 0.1) is 19.5 Å². The summed E-state index contributed by atoms with van der Waals surface area (Å²) in [5.74, 6) is -1.15. The summed E-state index contributed by atoms with van der Waals surface area (Å²) in [7, 11) is -16.4. The van der Waals surface area contributed by atoms with E-state index in [1.165, 1.54) is 13.8 Å². The topological polar surface area (TPSA) is 376 Å². The van der Waals surface area contributed by atoms with Crippen LogP contribution in [0.3, 0.4) is 0 Å². The van der Waals surface area contributed by atoms with Gasteiger partial charge < -0.3 is 56.2 Å². The molecule has 0 bridgehead atoms. The van der Waals surface area contributed by atoms with Gasteiger partial charge in [-0.1, -0.05) is 25.6 Å². The lowest BCUT2D eigenvalue weighted by Gasteiger charge is -2.30. The number of hydrogen-bond donors (Lipinski definition) is 10. The van der Waals surface area contributed by atoms with Crippen LogP contribution in [0.2, 0.25) is 0 Å². The van der Waals surface area contributed by atoms with Gasteiger partial charge in [0, 0.05) is 37.2 Å². The number of hydrogen-bond acceptors (Lipinski definition) is 18. The van der Waals surface area contributed by atoms with E-state index >= 15 is 0 Å². The van der Waals surface area contributed by atoms with Gasteiger partial charge in [-0.15, -0.1) is 0 Å². The zero-order valence-electron chi connectivity index (χ0n) is 28.3. The van der Waals surface area contributed by atoms with Gasteiger partial charge in [0.25, 0.3) is 5.24 Å². The van der Waals surface area contributed by atoms with E-state index in [0.717, 1.165) is 29.0 Å². The zero-order chi connectivity index (χ0) is 39.8. The molecule has 2 aromatic heterocycles. The molecule has 1 aliphatic heterocycles. The van der Waals surface area contributed by atoms with Crippen LogP contribution >= 0.6 is 35.2 Å². The number of phosphoric ester groups is 3. The first-order chi connectivity index (χ1) is 24.6. The molecule has 2 aromatic rings. The maximum atomic E-state index is 12.6. The highest BCUT2D eigenvalue weighted by atomic mass is 32.2. The molecule has 0 radical (unpaired) electrons. The Morgan fingerprint density at radius 2 is 1.74 bits per heavy atom. The molecule has 25 nitrogen and oxygen atoms in total. The van der Waals surface area contributed by atoms with Crippen molar-refractivity contribution in [3.05, 3.63) is 12.7 Å². The number of imidazole rings is 1. The molecule has 3 rings (SSSR count). The molecule has 2 unspecified atom stereocenters. The first-order valence-corrected chi connectivity index (χ1v) is 20.9. The fourth-order valence-electron chi connectivity index (χ4n) is 4.47. The van der Waals surface area contributed by atoms with Crippen molar-refractivity contribution in [1.29, 1.82) is 0 Å². The number of amides is 3. The Kier molecular flexibility index (Phi) is 15.9. The maximum absolute atomic E-state index is 12.6. The van der Waals surface area contributed by atoms with E-state index in [4.69, 9.17) is 19.5 Å². The van der Waals surface area contributed by atoms with Crippen LogP contribution in [0.15, 0.2) is 12.7 Å². The Hall–Kier alpha value is -2.64. The lowest BCUT2D eigenvalue weighted by Crippen LogP contribution is -2.46. The van der Waals surface area contributed by atoms with Crippen molar-refractivity contribution >= 4 is 69.3 Å². The minimum atomic E-state index is -5.56. The monoisotopic (exact) mass is 838 g/mol. The largest absolute Gasteiger partial charge is 0.481 e. The molecule has 11 N–H and O–H groups in total. The van der Waals surface area contributed by atoms with Gasteiger partial charge in [-0.3, -0.25) is 32.5 Å². The highest BCUT2D eigenvalue weighted by Crippen LogP contribution is 2.61. The number of aromatic nitrogens is 4. The lowest BCUT2D eigenvalue weighted by atomic mass is 9.87. The molecule has 0 aromatic carbocycles. The van der Waals surface area contributed by atoms with Crippen molar-refractivity contribution in [3.8, 4) is 0 Å². The van der Waals surface area contributed by atoms with Crippen LogP contribution in [0.25, 0.3) is 11.2 Å². The molecule has 29 heteroatoms. The van der Waals surface area contributed by atoms with Crippen LogP contribution < -0.4 is 21.7 Å². The normalized spacial score (nSPS) is 22.1. The Morgan fingerprint density at radius 3 is 2.40 bits per heavy atom. The molecule has 1 saturated heterocycles. The summed E-state index contributed by atoms with van der Waals surface area (Å²) < 4.78 is 61.9. The van der Waals surface area contributed by atoms with E-state index < -0.39 is 84.6 Å². The van der Waals surface area contributed by atoms with E-state index in [0.29, 0.717) is 12.3 Å². The molecule has 1 aliphatic rings. The van der Waals surface area contributed by atoms with Gasteiger partial charge in [0.2, 0.25) is 11.8 Å². The van der Waals surface area contributed by atoms with E-state index in [-0.39, 0.29) is 41.7 Å². The predicted molar refractivity (Wildman–Crippen MR) is 181 cm³/mol. The Morgan fingerprint density at radius 1 is 1.06 bits per heavy atom. The van der Waals surface area contributed by atoms with Crippen LogP contribution in [0.4, 0.5) is 10.6 Å². The number of fused-ring (bicyclic) bond motifs is 1. The second-order valence-corrected chi connectivity index (χ2v) is 17.0. The summed E-state index contributed by atoms with van der Waals surface area (Å²) in [6.45, 7) is 2.70. The second-order valence-electron chi connectivity index (χ2n) is 11.7. The Labute approximate surface area is 305 Å². The number of nitrogens with zero attached hydrogens (tertiary/aromatic N) is 4. The van der Waals surface area contributed by atoms with Gasteiger partial charge in [-0.25, -0.2) is 28.6 Å². The number of phosphoric acid groups is 3. The summed E-state index contributed by atoms with van der Waals surface area (Å²) >= 11 is 0.984. The number of nitrogens with two attached hydrogens (primary N) is 1. The number of aliphatic hydroxyl groups is 2. The van der Waals surface area contributed by atoms with E-state index in [1.807, 2.05) is 0 Å². The van der Waals surface area contributed by atoms with Crippen molar-refractivity contribution in [2.45, 2.75) is 57.8 Å². The number of ether oxygens (including phenoxy) is 1. The predicted octanol–water partition coefficient (Wildman–Crippen LogP) is -1.13. The van der Waals surface area contributed by atoms with Crippen LogP contribution in [0.5, 0.6) is 0 Å². The van der Waals surface area contributed by atoms with Gasteiger partial charge in [0.15, 0.2) is 17.7 Å².